The number of amides is 2. The first-order chi connectivity index (χ1) is 12.1. The van der Waals surface area contributed by atoms with Crippen LogP contribution in [0.3, 0.4) is 0 Å². The number of methoxy groups -OCH3 is 1. The monoisotopic (exact) mass is 347 g/mol. The van der Waals surface area contributed by atoms with Crippen LogP contribution in [0.15, 0.2) is 18.5 Å². The molecule has 2 aromatic rings. The van der Waals surface area contributed by atoms with Gasteiger partial charge in [-0.05, 0) is 25.7 Å². The second-order valence-corrected chi connectivity index (χ2v) is 5.98. The molecule has 134 valence electrons. The van der Waals surface area contributed by atoms with Gasteiger partial charge in [0, 0.05) is 12.6 Å². The van der Waals surface area contributed by atoms with Crippen molar-refractivity contribution in [1.82, 2.24) is 30.1 Å². The van der Waals surface area contributed by atoms with Crippen molar-refractivity contribution in [2.75, 3.05) is 19.0 Å². The summed E-state index contributed by atoms with van der Waals surface area (Å²) in [6, 6.07) is 1.73. The SMILES string of the molecule is COC(=O)c1cn(CCNC(=O)Nc2ccnn2[C@@H](C)C2CC2)nn1. The molecule has 0 radical (unpaired) electrons. The minimum atomic E-state index is -0.546. The molecule has 1 saturated carbocycles. The molecule has 2 aromatic heterocycles. The van der Waals surface area contributed by atoms with E-state index in [-0.39, 0.29) is 17.8 Å². The Kier molecular flexibility index (Phi) is 4.96. The van der Waals surface area contributed by atoms with Gasteiger partial charge in [-0.15, -0.1) is 5.10 Å². The van der Waals surface area contributed by atoms with Crippen molar-refractivity contribution in [3.63, 3.8) is 0 Å². The predicted octanol–water partition coefficient (Wildman–Crippen LogP) is 1.05. The van der Waals surface area contributed by atoms with Crippen LogP contribution in [0.2, 0.25) is 0 Å². The van der Waals surface area contributed by atoms with Crippen LogP contribution in [0, 0.1) is 5.92 Å². The van der Waals surface area contributed by atoms with E-state index in [0.29, 0.717) is 24.8 Å². The molecule has 25 heavy (non-hydrogen) atoms. The van der Waals surface area contributed by atoms with Crippen LogP contribution in [-0.2, 0) is 11.3 Å². The second-order valence-electron chi connectivity index (χ2n) is 5.98. The summed E-state index contributed by atoms with van der Waals surface area (Å²) in [6.45, 7) is 2.83. The smallest absolute Gasteiger partial charge is 0.360 e. The Morgan fingerprint density at radius 3 is 2.96 bits per heavy atom. The molecule has 1 fully saturated rings. The van der Waals surface area contributed by atoms with Crippen molar-refractivity contribution in [1.29, 1.82) is 0 Å². The summed E-state index contributed by atoms with van der Waals surface area (Å²) in [5, 5.41) is 17.3. The standard InChI is InChI=1S/C15H21N7O3/c1-10(11-3-4-11)22-13(5-6-17-22)18-15(24)16-7-8-21-9-12(19-20-21)14(23)25-2/h5-6,9-11H,3-4,7-8H2,1-2H3,(H2,16,18,24)/t10-/m0/s1. The Hall–Kier alpha value is -2.91. The number of aromatic nitrogens is 5. The Labute approximate surface area is 144 Å². The number of nitrogens with zero attached hydrogens (tertiary/aromatic N) is 5. The molecule has 10 heteroatoms. The molecular formula is C15H21N7O3. The van der Waals surface area contributed by atoms with Crippen molar-refractivity contribution < 1.29 is 14.3 Å². The Balaban J connectivity index is 1.46. The largest absolute Gasteiger partial charge is 0.464 e. The molecule has 0 bridgehead atoms. The zero-order valence-electron chi connectivity index (χ0n) is 14.2. The van der Waals surface area contributed by atoms with E-state index in [0.717, 1.165) is 0 Å². The summed E-state index contributed by atoms with van der Waals surface area (Å²) in [4.78, 5) is 23.3. The third kappa shape index (κ3) is 4.14. The lowest BCUT2D eigenvalue weighted by Crippen LogP contribution is -2.32. The molecule has 2 heterocycles. The number of hydrogen-bond donors (Lipinski definition) is 2. The zero-order valence-corrected chi connectivity index (χ0v) is 14.2. The van der Waals surface area contributed by atoms with E-state index in [4.69, 9.17) is 0 Å². The summed E-state index contributed by atoms with van der Waals surface area (Å²) >= 11 is 0. The molecular weight excluding hydrogens is 326 g/mol. The fraction of sp³-hybridized carbons (Fsp3) is 0.533. The van der Waals surface area contributed by atoms with Crippen LogP contribution in [0.1, 0.15) is 36.3 Å². The van der Waals surface area contributed by atoms with Crippen LogP contribution < -0.4 is 10.6 Å². The highest BCUT2D eigenvalue weighted by Gasteiger charge is 2.30. The minimum absolute atomic E-state index is 0.130. The number of nitrogens with one attached hydrogen (secondary N) is 2. The molecule has 1 aliphatic rings. The van der Waals surface area contributed by atoms with Gasteiger partial charge < -0.3 is 10.1 Å². The fourth-order valence-corrected chi connectivity index (χ4v) is 2.57. The maximum absolute atomic E-state index is 12.0. The van der Waals surface area contributed by atoms with E-state index >= 15 is 0 Å². The van der Waals surface area contributed by atoms with Gasteiger partial charge in [-0.1, -0.05) is 5.21 Å². The van der Waals surface area contributed by atoms with E-state index < -0.39 is 5.97 Å². The number of carbonyl (C=O) groups is 2. The Morgan fingerprint density at radius 2 is 2.24 bits per heavy atom. The summed E-state index contributed by atoms with van der Waals surface area (Å²) in [5.74, 6) is 0.764. The van der Waals surface area contributed by atoms with Crippen LogP contribution >= 0.6 is 0 Å². The van der Waals surface area contributed by atoms with Crippen molar-refractivity contribution in [2.45, 2.75) is 32.4 Å². The molecule has 2 amide bonds. The topological polar surface area (TPSA) is 116 Å². The van der Waals surface area contributed by atoms with Crippen LogP contribution in [0.5, 0.6) is 0 Å². The first-order valence-electron chi connectivity index (χ1n) is 8.15. The average Bonchev–Trinajstić information content (AvgIpc) is 3.18. The van der Waals surface area contributed by atoms with Gasteiger partial charge in [0.2, 0.25) is 0 Å². The molecule has 2 N–H and O–H groups in total. The normalized spacial score (nSPS) is 14.8. The number of ether oxygens (including phenoxy) is 1. The highest BCUT2D eigenvalue weighted by Crippen LogP contribution is 2.40. The van der Waals surface area contributed by atoms with Crippen molar-refractivity contribution >= 4 is 17.8 Å². The first-order valence-corrected chi connectivity index (χ1v) is 8.15. The zero-order chi connectivity index (χ0) is 17.8. The Bertz CT molecular complexity index is 750. The van der Waals surface area contributed by atoms with Crippen molar-refractivity contribution in [3.8, 4) is 0 Å². The predicted molar refractivity (Wildman–Crippen MR) is 88.0 cm³/mol. The molecule has 0 unspecified atom stereocenters. The minimum Gasteiger partial charge on any atom is -0.464 e. The lowest BCUT2D eigenvalue weighted by atomic mass is 10.2. The third-order valence-electron chi connectivity index (χ3n) is 4.16. The van der Waals surface area contributed by atoms with Crippen molar-refractivity contribution in [2.24, 2.45) is 5.92 Å². The molecule has 10 nitrogen and oxygen atoms in total. The first kappa shape index (κ1) is 16.9. The highest BCUT2D eigenvalue weighted by atomic mass is 16.5. The van der Waals surface area contributed by atoms with E-state index in [2.05, 4.69) is 37.7 Å². The summed E-state index contributed by atoms with van der Waals surface area (Å²) in [7, 11) is 1.28. The van der Waals surface area contributed by atoms with Gasteiger partial charge in [0.05, 0.1) is 32.1 Å². The van der Waals surface area contributed by atoms with Gasteiger partial charge >= 0.3 is 12.0 Å². The number of rotatable bonds is 7. The molecule has 0 aliphatic heterocycles. The summed E-state index contributed by atoms with van der Waals surface area (Å²) in [5.41, 5.74) is 0.130. The maximum atomic E-state index is 12.0. The number of anilines is 1. The molecule has 1 aliphatic carbocycles. The van der Waals surface area contributed by atoms with E-state index in [1.807, 2.05) is 4.68 Å². The number of esters is 1. The van der Waals surface area contributed by atoms with Crippen LogP contribution in [0.4, 0.5) is 10.6 Å². The Morgan fingerprint density at radius 1 is 1.44 bits per heavy atom. The molecule has 0 aromatic carbocycles. The second kappa shape index (κ2) is 7.32. The average molecular weight is 347 g/mol. The lowest BCUT2D eigenvalue weighted by molar-refractivity contribution is 0.0594. The maximum Gasteiger partial charge on any atom is 0.360 e. The van der Waals surface area contributed by atoms with E-state index in [1.165, 1.54) is 30.8 Å². The molecule has 3 rings (SSSR count). The number of urea groups is 1. The summed E-state index contributed by atoms with van der Waals surface area (Å²) in [6.07, 6.45) is 5.56. The fourth-order valence-electron chi connectivity index (χ4n) is 2.57. The molecule has 0 spiro atoms. The summed E-state index contributed by atoms with van der Waals surface area (Å²) < 4.78 is 7.87. The highest BCUT2D eigenvalue weighted by molar-refractivity contribution is 5.88. The van der Waals surface area contributed by atoms with Gasteiger partial charge in [-0.25, -0.2) is 19.0 Å². The van der Waals surface area contributed by atoms with Gasteiger partial charge in [-0.3, -0.25) is 5.32 Å². The van der Waals surface area contributed by atoms with Gasteiger partial charge in [0.1, 0.15) is 5.82 Å². The quantitative estimate of drug-likeness (QED) is 0.723. The van der Waals surface area contributed by atoms with Crippen molar-refractivity contribution in [3.05, 3.63) is 24.2 Å². The van der Waals surface area contributed by atoms with Gasteiger partial charge in [-0.2, -0.15) is 5.10 Å². The number of carbonyl (C=O) groups excluding carboxylic acids is 2. The van der Waals surface area contributed by atoms with Crippen LogP contribution in [0.25, 0.3) is 0 Å². The van der Waals surface area contributed by atoms with Gasteiger partial charge in [0.25, 0.3) is 0 Å². The van der Waals surface area contributed by atoms with E-state index in [1.54, 1.807) is 12.3 Å². The van der Waals surface area contributed by atoms with Gasteiger partial charge in [0.15, 0.2) is 5.69 Å². The number of hydrogen-bond acceptors (Lipinski definition) is 6. The lowest BCUT2D eigenvalue weighted by Gasteiger charge is -2.15. The van der Waals surface area contributed by atoms with E-state index in [9.17, 15) is 9.59 Å². The third-order valence-corrected chi connectivity index (χ3v) is 4.16. The molecule has 0 saturated heterocycles. The molecule has 1 atom stereocenters. The van der Waals surface area contributed by atoms with Crippen LogP contribution in [-0.4, -0.2) is 50.4 Å².